The van der Waals surface area contributed by atoms with E-state index in [1.54, 1.807) is 21.0 Å². The highest BCUT2D eigenvalue weighted by atomic mass is 16.7. The second-order valence-corrected chi connectivity index (χ2v) is 13.2. The summed E-state index contributed by atoms with van der Waals surface area (Å²) in [5.74, 6) is -3.19. The van der Waals surface area contributed by atoms with Crippen LogP contribution in [0.2, 0.25) is 0 Å². The van der Waals surface area contributed by atoms with Gasteiger partial charge in [-0.3, -0.25) is 9.59 Å². The van der Waals surface area contributed by atoms with Gasteiger partial charge in [-0.15, -0.1) is 0 Å². The molecule has 2 aliphatic heterocycles. The Balaban J connectivity index is 2.63. The van der Waals surface area contributed by atoms with Crippen LogP contribution in [0.3, 0.4) is 0 Å². The molecule has 12 atom stereocenters. The molecule has 238 valence electrons. The molecular weight excluding hydrogens is 526 g/mol. The number of hydrogen-bond acceptors (Lipinski definition) is 9. The summed E-state index contributed by atoms with van der Waals surface area (Å²) in [5, 5.41) is 22.9. The Morgan fingerprint density at radius 1 is 1.10 bits per heavy atom. The minimum absolute atomic E-state index is 0.00756. The first-order valence-electron chi connectivity index (χ1n) is 15.3. The van der Waals surface area contributed by atoms with Crippen LogP contribution in [0.4, 0.5) is 0 Å². The summed E-state index contributed by atoms with van der Waals surface area (Å²) >= 11 is 0. The second-order valence-electron chi connectivity index (χ2n) is 13.2. The van der Waals surface area contributed by atoms with Crippen molar-refractivity contribution in [1.82, 2.24) is 4.90 Å². The average molecular weight is 584 g/mol. The number of methoxy groups -OCH3 is 1. The number of carbonyl (C=O) groups excluding carboxylic acids is 2. The minimum Gasteiger partial charge on any atom is -0.459 e. The van der Waals surface area contributed by atoms with Gasteiger partial charge in [-0.1, -0.05) is 39.3 Å². The normalized spacial score (nSPS) is 45.1. The fourth-order valence-corrected chi connectivity index (χ4v) is 7.11. The molecule has 0 amide bonds. The van der Waals surface area contributed by atoms with Crippen LogP contribution in [-0.2, 0) is 28.5 Å². The molecule has 0 aromatic carbocycles. The number of hydrogen-bond donors (Lipinski definition) is 2. The molecule has 0 bridgehead atoms. The predicted molar refractivity (Wildman–Crippen MR) is 158 cm³/mol. The van der Waals surface area contributed by atoms with E-state index in [0.717, 1.165) is 5.57 Å². The van der Waals surface area contributed by atoms with Crippen molar-refractivity contribution in [2.75, 3.05) is 21.2 Å². The van der Waals surface area contributed by atoms with Crippen molar-refractivity contribution < 1.29 is 38.7 Å². The molecule has 2 N–H and O–H groups in total. The number of cyclic esters (lactones) is 1. The van der Waals surface area contributed by atoms with Gasteiger partial charge in [-0.25, -0.2) is 0 Å². The van der Waals surface area contributed by atoms with Gasteiger partial charge in [0.1, 0.15) is 23.7 Å². The number of nitrogens with zero attached hydrogens (tertiary/aromatic N) is 1. The summed E-state index contributed by atoms with van der Waals surface area (Å²) in [5.41, 5.74) is -1.30. The zero-order valence-electron chi connectivity index (χ0n) is 27.5. The molecule has 1 fully saturated rings. The van der Waals surface area contributed by atoms with Crippen molar-refractivity contribution in [3.05, 3.63) is 11.6 Å². The zero-order chi connectivity index (χ0) is 31.4. The highest BCUT2D eigenvalue weighted by molar-refractivity contribution is 6.00. The van der Waals surface area contributed by atoms with Crippen molar-refractivity contribution in [3.63, 3.8) is 0 Å². The number of likely N-dealkylation sites (N-methyl/N-ethyl adjacent to an activating group) is 1. The number of Topliss-reactive ketones (excluding diaryl/α,β-unsaturated/α-hetero) is 1. The van der Waals surface area contributed by atoms with Gasteiger partial charge in [0.15, 0.2) is 12.1 Å². The van der Waals surface area contributed by atoms with Crippen LogP contribution in [0.5, 0.6) is 0 Å². The smallest absolute Gasteiger partial charge is 0.316 e. The zero-order valence-corrected chi connectivity index (χ0v) is 27.5. The van der Waals surface area contributed by atoms with Gasteiger partial charge in [0.2, 0.25) is 0 Å². The Kier molecular flexibility index (Phi) is 12.6. The van der Waals surface area contributed by atoms with Gasteiger partial charge in [0, 0.05) is 25.0 Å². The van der Waals surface area contributed by atoms with Gasteiger partial charge in [-0.2, -0.15) is 0 Å². The number of carbonyl (C=O) groups is 2. The third kappa shape index (κ3) is 7.98. The summed E-state index contributed by atoms with van der Waals surface area (Å²) in [6.45, 7) is 16.8. The standard InChI is InChI=1S/C32H57NO8/c1-13-23-19(4)15-18(3)17-31(8,38-12)28(41-30-27(35)24(33(10)11)16-20(5)39-30)21(6)26(34)22(7)29(36)40-25(14-2)32(23,9)37/h15,18,20-25,27-28,30,35,37H,13-14,16-17H2,1-12H3/b19-15-/t18-,20+,21-,22+,23+,24-,25+,27+,28+,30-,31+,32-/m0/s1. The maximum Gasteiger partial charge on any atom is 0.316 e. The first-order chi connectivity index (χ1) is 18.9. The van der Waals surface area contributed by atoms with E-state index in [-0.39, 0.29) is 29.8 Å². The van der Waals surface area contributed by atoms with Crippen LogP contribution in [0.25, 0.3) is 0 Å². The number of ketones is 1. The molecule has 0 aliphatic carbocycles. The molecule has 0 aromatic heterocycles. The van der Waals surface area contributed by atoms with Gasteiger partial charge in [0.05, 0.1) is 17.8 Å². The lowest BCUT2D eigenvalue weighted by Crippen LogP contribution is -2.59. The first-order valence-corrected chi connectivity index (χ1v) is 15.3. The SMILES string of the molecule is CC[C@@H]1/C(C)=C\[C@H](C)C[C@@](C)(OC)[C@H](O[C@@H]2O[C@H](C)C[C@H](N(C)C)[C@H]2O)[C@@H](C)C(=O)[C@@H](C)C(=O)O[C@H](CC)[C@@]1(C)O. The Bertz CT molecular complexity index is 919. The summed E-state index contributed by atoms with van der Waals surface area (Å²) in [4.78, 5) is 29.2. The Morgan fingerprint density at radius 3 is 2.22 bits per heavy atom. The van der Waals surface area contributed by atoms with Crippen LogP contribution < -0.4 is 0 Å². The molecule has 2 heterocycles. The average Bonchev–Trinajstić information content (AvgIpc) is 2.89. The molecular formula is C32H57NO8. The first kappa shape index (κ1) is 35.8. The number of rotatable bonds is 6. The summed E-state index contributed by atoms with van der Waals surface area (Å²) in [6.07, 6.45) is 0.595. The number of aliphatic hydroxyl groups is 2. The monoisotopic (exact) mass is 583 g/mol. The van der Waals surface area contributed by atoms with Crippen molar-refractivity contribution in [3.8, 4) is 0 Å². The molecule has 9 nitrogen and oxygen atoms in total. The third-order valence-electron chi connectivity index (χ3n) is 9.53. The van der Waals surface area contributed by atoms with Crippen molar-refractivity contribution in [1.29, 1.82) is 0 Å². The Labute approximate surface area is 247 Å². The lowest BCUT2D eigenvalue weighted by molar-refractivity contribution is -0.295. The largest absolute Gasteiger partial charge is 0.459 e. The van der Waals surface area contributed by atoms with Gasteiger partial charge in [0.25, 0.3) is 0 Å². The van der Waals surface area contributed by atoms with E-state index in [0.29, 0.717) is 25.7 Å². The van der Waals surface area contributed by atoms with E-state index < -0.39 is 53.6 Å². The van der Waals surface area contributed by atoms with Gasteiger partial charge in [-0.05, 0) is 80.3 Å². The second kappa shape index (κ2) is 14.4. The highest BCUT2D eigenvalue weighted by Crippen LogP contribution is 2.39. The molecule has 0 saturated carbocycles. The van der Waals surface area contributed by atoms with E-state index in [1.807, 2.05) is 53.6 Å². The summed E-state index contributed by atoms with van der Waals surface area (Å²) in [7, 11) is 5.40. The minimum atomic E-state index is -1.32. The van der Waals surface area contributed by atoms with Crippen molar-refractivity contribution in [2.45, 2.75) is 136 Å². The third-order valence-corrected chi connectivity index (χ3v) is 9.53. The van der Waals surface area contributed by atoms with Crippen LogP contribution in [0.15, 0.2) is 11.6 Å². The molecule has 9 heteroatoms. The van der Waals surface area contributed by atoms with Crippen molar-refractivity contribution in [2.24, 2.45) is 23.7 Å². The summed E-state index contributed by atoms with van der Waals surface area (Å²) in [6, 6.07) is -0.190. The maximum absolute atomic E-state index is 13.9. The number of ether oxygens (including phenoxy) is 4. The Morgan fingerprint density at radius 2 is 1.71 bits per heavy atom. The van der Waals surface area contributed by atoms with Gasteiger partial charge < -0.3 is 34.1 Å². The van der Waals surface area contributed by atoms with E-state index >= 15 is 0 Å². The van der Waals surface area contributed by atoms with E-state index in [4.69, 9.17) is 18.9 Å². The van der Waals surface area contributed by atoms with E-state index in [2.05, 4.69) is 13.0 Å². The lowest BCUT2D eigenvalue weighted by atomic mass is 9.74. The summed E-state index contributed by atoms with van der Waals surface area (Å²) < 4.78 is 24.6. The Hall–Kier alpha value is -1.36. The van der Waals surface area contributed by atoms with Crippen LogP contribution >= 0.6 is 0 Å². The molecule has 0 aromatic rings. The predicted octanol–water partition coefficient (Wildman–Crippen LogP) is 4.13. The molecule has 0 radical (unpaired) electrons. The lowest BCUT2D eigenvalue weighted by Gasteiger charge is -2.47. The van der Waals surface area contributed by atoms with Crippen LogP contribution in [0, 0.1) is 23.7 Å². The fraction of sp³-hybridized carbons (Fsp3) is 0.875. The maximum atomic E-state index is 13.9. The quantitative estimate of drug-likeness (QED) is 0.271. The topological polar surface area (TPSA) is 115 Å². The number of allylic oxidation sites excluding steroid dienone is 1. The van der Waals surface area contributed by atoms with Gasteiger partial charge >= 0.3 is 5.97 Å². The molecule has 0 spiro atoms. The molecule has 0 unspecified atom stereocenters. The molecule has 2 aliphatic rings. The fourth-order valence-electron chi connectivity index (χ4n) is 7.11. The van der Waals surface area contributed by atoms with Crippen LogP contribution in [-0.4, -0.2) is 96.0 Å². The van der Waals surface area contributed by atoms with E-state index in [1.165, 1.54) is 6.92 Å². The van der Waals surface area contributed by atoms with Crippen molar-refractivity contribution >= 4 is 11.8 Å². The number of esters is 1. The molecule has 41 heavy (non-hydrogen) atoms. The van der Waals surface area contributed by atoms with E-state index in [9.17, 15) is 19.8 Å². The highest BCUT2D eigenvalue weighted by Gasteiger charge is 2.49. The number of aliphatic hydroxyl groups excluding tert-OH is 1. The van der Waals surface area contributed by atoms with Crippen LogP contribution in [0.1, 0.15) is 88.0 Å². The molecule has 1 saturated heterocycles. The molecule has 2 rings (SSSR count).